The second-order valence-electron chi connectivity index (χ2n) is 6.62. The first-order valence-corrected chi connectivity index (χ1v) is 9.72. The van der Waals surface area contributed by atoms with Gasteiger partial charge in [-0.3, -0.25) is 14.6 Å². The molecule has 1 fully saturated rings. The number of H-pyrrole nitrogens is 1. The number of ether oxygens (including phenoxy) is 1. The number of fused-ring (bicyclic) bond motifs is 1. The molecule has 7 nitrogen and oxygen atoms in total. The topological polar surface area (TPSA) is 88.2 Å². The van der Waals surface area contributed by atoms with Crippen LogP contribution in [0.25, 0.3) is 10.2 Å². The van der Waals surface area contributed by atoms with Crippen LogP contribution in [0.5, 0.6) is 0 Å². The van der Waals surface area contributed by atoms with Crippen molar-refractivity contribution in [3.05, 3.63) is 57.2 Å². The lowest BCUT2D eigenvalue weighted by atomic mass is 10.1. The minimum absolute atomic E-state index is 0.0130. The monoisotopic (exact) mass is 384 g/mol. The number of carbonyl (C=O) groups is 1. The molecule has 8 heteroatoms. The van der Waals surface area contributed by atoms with Crippen molar-refractivity contribution in [1.29, 1.82) is 0 Å². The van der Waals surface area contributed by atoms with Gasteiger partial charge in [0.1, 0.15) is 4.83 Å². The molecule has 0 saturated carbocycles. The molecule has 0 aliphatic carbocycles. The Balaban J connectivity index is 1.48. The highest BCUT2D eigenvalue weighted by Gasteiger charge is 2.28. The lowest BCUT2D eigenvalue weighted by Gasteiger charge is -2.32. The number of pyridine rings is 1. The van der Waals surface area contributed by atoms with E-state index in [1.807, 2.05) is 30.0 Å². The number of piperidine rings is 1. The molecule has 27 heavy (non-hydrogen) atoms. The summed E-state index contributed by atoms with van der Waals surface area (Å²) in [6.45, 7) is 3.49. The fourth-order valence-electron chi connectivity index (χ4n) is 3.37. The van der Waals surface area contributed by atoms with E-state index in [2.05, 4.69) is 15.0 Å². The molecule has 1 atom stereocenters. The van der Waals surface area contributed by atoms with Crippen LogP contribution in [-0.4, -0.2) is 45.0 Å². The Kier molecular flexibility index (Phi) is 5.00. The van der Waals surface area contributed by atoms with E-state index in [4.69, 9.17) is 4.74 Å². The van der Waals surface area contributed by atoms with Gasteiger partial charge in [-0.15, -0.1) is 11.3 Å². The first-order valence-electron chi connectivity index (χ1n) is 8.91. The van der Waals surface area contributed by atoms with Crippen molar-refractivity contribution in [3.63, 3.8) is 0 Å². The van der Waals surface area contributed by atoms with Gasteiger partial charge in [-0.2, -0.15) is 0 Å². The van der Waals surface area contributed by atoms with Gasteiger partial charge in [0, 0.05) is 19.3 Å². The molecule has 0 spiro atoms. The summed E-state index contributed by atoms with van der Waals surface area (Å²) in [6.07, 6.45) is 4.91. The summed E-state index contributed by atoms with van der Waals surface area (Å²) in [5, 5.41) is 0.505. The van der Waals surface area contributed by atoms with Crippen LogP contribution in [0.15, 0.2) is 35.5 Å². The Hall–Kier alpha value is -2.58. The molecule has 1 aliphatic heterocycles. The standard InChI is InChI=1S/C19H20N4O3S/c1-12-15-17(24)21-11-22-18(15)27-16(12)19(25)23-8-4-6-14(9-23)26-10-13-5-2-3-7-20-13/h2-3,5,7,11,14H,4,6,8-10H2,1H3,(H,21,22,24)/t14-/m0/s1. The van der Waals surface area contributed by atoms with Gasteiger partial charge in [-0.05, 0) is 37.5 Å². The van der Waals surface area contributed by atoms with Crippen LogP contribution in [0.2, 0.25) is 0 Å². The fourth-order valence-corrected chi connectivity index (χ4v) is 4.49. The number of amides is 1. The number of carbonyl (C=O) groups excluding carboxylic acids is 1. The van der Waals surface area contributed by atoms with E-state index in [-0.39, 0.29) is 17.6 Å². The number of nitrogens with one attached hydrogen (secondary N) is 1. The van der Waals surface area contributed by atoms with Crippen molar-refractivity contribution in [2.75, 3.05) is 13.1 Å². The predicted octanol–water partition coefficient (Wildman–Crippen LogP) is 2.51. The molecule has 3 aromatic heterocycles. The Bertz CT molecular complexity index is 1010. The molecule has 4 rings (SSSR count). The molecule has 0 aromatic carbocycles. The van der Waals surface area contributed by atoms with Crippen molar-refractivity contribution in [3.8, 4) is 0 Å². The third-order valence-electron chi connectivity index (χ3n) is 4.79. The molecular formula is C19H20N4O3S. The first kappa shape index (κ1) is 17.8. The van der Waals surface area contributed by atoms with Crippen molar-refractivity contribution in [2.24, 2.45) is 0 Å². The molecule has 4 heterocycles. The number of thiophene rings is 1. The van der Waals surface area contributed by atoms with Crippen LogP contribution < -0.4 is 5.56 Å². The van der Waals surface area contributed by atoms with E-state index in [9.17, 15) is 9.59 Å². The molecule has 1 N–H and O–H groups in total. The smallest absolute Gasteiger partial charge is 0.264 e. The summed E-state index contributed by atoms with van der Waals surface area (Å²) in [7, 11) is 0. The van der Waals surface area contributed by atoms with E-state index in [1.165, 1.54) is 17.7 Å². The van der Waals surface area contributed by atoms with Crippen LogP contribution in [0.1, 0.15) is 33.8 Å². The van der Waals surface area contributed by atoms with E-state index in [0.29, 0.717) is 40.4 Å². The van der Waals surface area contributed by atoms with E-state index in [0.717, 1.165) is 18.5 Å². The maximum atomic E-state index is 13.0. The van der Waals surface area contributed by atoms with Gasteiger partial charge in [0.25, 0.3) is 11.5 Å². The molecule has 140 valence electrons. The zero-order valence-corrected chi connectivity index (χ0v) is 15.8. The SMILES string of the molecule is Cc1c(C(=O)N2CCC[C@H](OCc3ccccn3)C2)sc2nc[nH]c(=O)c12. The van der Waals surface area contributed by atoms with E-state index < -0.39 is 0 Å². The summed E-state index contributed by atoms with van der Waals surface area (Å²) in [6, 6.07) is 5.73. The molecule has 0 unspecified atom stereocenters. The lowest BCUT2D eigenvalue weighted by molar-refractivity contribution is -0.00773. The van der Waals surface area contributed by atoms with Crippen LogP contribution in [0, 0.1) is 6.92 Å². The van der Waals surface area contributed by atoms with Crippen LogP contribution in [-0.2, 0) is 11.3 Å². The number of nitrogens with zero attached hydrogens (tertiary/aromatic N) is 3. The highest BCUT2D eigenvalue weighted by atomic mass is 32.1. The summed E-state index contributed by atoms with van der Waals surface area (Å²) < 4.78 is 5.97. The third-order valence-corrected chi connectivity index (χ3v) is 5.97. The molecule has 3 aromatic rings. The zero-order chi connectivity index (χ0) is 18.8. The number of aryl methyl sites for hydroxylation is 1. The van der Waals surface area contributed by atoms with Gasteiger partial charge in [0.15, 0.2) is 0 Å². The van der Waals surface area contributed by atoms with Crippen molar-refractivity contribution >= 4 is 27.5 Å². The highest BCUT2D eigenvalue weighted by molar-refractivity contribution is 7.20. The van der Waals surface area contributed by atoms with Gasteiger partial charge >= 0.3 is 0 Å². The summed E-state index contributed by atoms with van der Waals surface area (Å²) in [5.41, 5.74) is 1.38. The van der Waals surface area contributed by atoms with Crippen LogP contribution in [0.3, 0.4) is 0 Å². The fraction of sp³-hybridized carbons (Fsp3) is 0.368. The first-order chi connectivity index (χ1) is 13.1. The normalized spacial score (nSPS) is 17.4. The average Bonchev–Trinajstić information content (AvgIpc) is 3.05. The van der Waals surface area contributed by atoms with Crippen molar-refractivity contribution in [1.82, 2.24) is 19.9 Å². The van der Waals surface area contributed by atoms with E-state index >= 15 is 0 Å². The Morgan fingerprint density at radius 2 is 2.30 bits per heavy atom. The lowest BCUT2D eigenvalue weighted by Crippen LogP contribution is -2.43. The average molecular weight is 384 g/mol. The maximum absolute atomic E-state index is 13.0. The minimum atomic E-state index is -0.206. The van der Waals surface area contributed by atoms with Crippen LogP contribution in [0.4, 0.5) is 0 Å². The second kappa shape index (κ2) is 7.58. The minimum Gasteiger partial charge on any atom is -0.370 e. The van der Waals surface area contributed by atoms with Crippen molar-refractivity contribution in [2.45, 2.75) is 32.5 Å². The number of rotatable bonds is 4. The largest absolute Gasteiger partial charge is 0.370 e. The van der Waals surface area contributed by atoms with E-state index in [1.54, 1.807) is 6.20 Å². The number of likely N-dealkylation sites (tertiary alicyclic amines) is 1. The molecule has 1 amide bonds. The number of hydrogen-bond acceptors (Lipinski definition) is 6. The number of aromatic amines is 1. The highest BCUT2D eigenvalue weighted by Crippen LogP contribution is 2.28. The summed E-state index contributed by atoms with van der Waals surface area (Å²) in [5.74, 6) is -0.0546. The van der Waals surface area contributed by atoms with Gasteiger partial charge in [0.2, 0.25) is 0 Å². The van der Waals surface area contributed by atoms with Gasteiger partial charge in [-0.25, -0.2) is 4.98 Å². The Labute approximate surface area is 160 Å². The molecule has 1 saturated heterocycles. The second-order valence-corrected chi connectivity index (χ2v) is 7.61. The Morgan fingerprint density at radius 1 is 1.41 bits per heavy atom. The van der Waals surface area contributed by atoms with Gasteiger partial charge in [0.05, 0.1) is 35.0 Å². The summed E-state index contributed by atoms with van der Waals surface area (Å²) in [4.78, 5) is 39.1. The molecule has 0 radical (unpaired) electrons. The van der Waals surface area contributed by atoms with Gasteiger partial charge < -0.3 is 14.6 Å². The Morgan fingerprint density at radius 3 is 3.07 bits per heavy atom. The van der Waals surface area contributed by atoms with Crippen LogP contribution >= 0.6 is 11.3 Å². The summed E-state index contributed by atoms with van der Waals surface area (Å²) >= 11 is 1.28. The van der Waals surface area contributed by atoms with Crippen molar-refractivity contribution < 1.29 is 9.53 Å². The predicted molar refractivity (Wildman–Crippen MR) is 103 cm³/mol. The molecule has 1 aliphatic rings. The number of hydrogen-bond donors (Lipinski definition) is 1. The van der Waals surface area contributed by atoms with Gasteiger partial charge in [-0.1, -0.05) is 6.07 Å². The molecular weight excluding hydrogens is 364 g/mol. The zero-order valence-electron chi connectivity index (χ0n) is 15.0. The molecule has 0 bridgehead atoms. The quantitative estimate of drug-likeness (QED) is 0.747. The maximum Gasteiger partial charge on any atom is 0.264 e. The third kappa shape index (κ3) is 3.63. The number of aromatic nitrogens is 3.